The van der Waals surface area contributed by atoms with Crippen molar-refractivity contribution in [2.24, 2.45) is 0 Å². The lowest BCUT2D eigenvalue weighted by Crippen LogP contribution is -2.34. The Morgan fingerprint density at radius 3 is 2.53 bits per heavy atom. The van der Waals surface area contributed by atoms with Crippen LogP contribution in [0.3, 0.4) is 0 Å². The van der Waals surface area contributed by atoms with Crippen LogP contribution in [0.1, 0.15) is 55.7 Å². The van der Waals surface area contributed by atoms with Crippen LogP contribution in [0.5, 0.6) is 11.5 Å². The van der Waals surface area contributed by atoms with Gasteiger partial charge in [0, 0.05) is 29.3 Å². The van der Waals surface area contributed by atoms with E-state index in [0.717, 1.165) is 35.4 Å². The minimum atomic E-state index is -0.511. The van der Waals surface area contributed by atoms with Crippen LogP contribution >= 0.6 is 0 Å². The number of nitrogens with one attached hydrogen (secondary N) is 1. The molecular formula is C28H31NO5. The van der Waals surface area contributed by atoms with E-state index in [-0.39, 0.29) is 12.4 Å². The van der Waals surface area contributed by atoms with Gasteiger partial charge in [0.1, 0.15) is 6.61 Å². The third-order valence-corrected chi connectivity index (χ3v) is 6.31. The van der Waals surface area contributed by atoms with Crippen LogP contribution in [0.2, 0.25) is 0 Å². The van der Waals surface area contributed by atoms with Crippen LogP contribution in [0.25, 0.3) is 0 Å². The lowest BCUT2D eigenvalue weighted by molar-refractivity contribution is -0.138. The van der Waals surface area contributed by atoms with E-state index in [2.05, 4.69) is 5.32 Å². The minimum absolute atomic E-state index is 0.0618. The van der Waals surface area contributed by atoms with Crippen LogP contribution in [-0.2, 0) is 20.9 Å². The molecule has 1 N–H and O–H groups in total. The molecule has 0 radical (unpaired) electrons. The zero-order valence-electron chi connectivity index (χ0n) is 20.2. The molecule has 2 aliphatic rings. The van der Waals surface area contributed by atoms with Gasteiger partial charge in [-0.05, 0) is 56.9 Å². The van der Waals surface area contributed by atoms with Crippen LogP contribution in [0.15, 0.2) is 65.0 Å². The third kappa shape index (κ3) is 4.72. The molecule has 2 aromatic rings. The summed E-state index contributed by atoms with van der Waals surface area (Å²) in [5.41, 5.74) is 5.77. The van der Waals surface area contributed by atoms with Gasteiger partial charge in [-0.3, -0.25) is 4.79 Å². The number of ketones is 1. The van der Waals surface area contributed by atoms with E-state index in [9.17, 15) is 9.59 Å². The van der Waals surface area contributed by atoms with Gasteiger partial charge >= 0.3 is 5.97 Å². The SMILES string of the molecule is CCOC(=O)C1=C(C)NC2=C(C(=O)CCC2)[C@@H]1c1ccc(OCc2ccc(C)cc2)c(OC)c1. The summed E-state index contributed by atoms with van der Waals surface area (Å²) < 4.78 is 17.0. The number of Topliss-reactive ketones (excluding diaryl/α,β-unsaturated/α-hetero) is 1. The van der Waals surface area contributed by atoms with Crippen molar-refractivity contribution in [1.29, 1.82) is 0 Å². The molecule has 1 atom stereocenters. The summed E-state index contributed by atoms with van der Waals surface area (Å²) in [5.74, 6) is 0.286. The summed E-state index contributed by atoms with van der Waals surface area (Å²) in [5, 5.41) is 3.30. The second-order valence-electron chi connectivity index (χ2n) is 8.67. The fourth-order valence-corrected chi connectivity index (χ4v) is 4.62. The third-order valence-electron chi connectivity index (χ3n) is 6.31. The van der Waals surface area contributed by atoms with E-state index in [0.29, 0.717) is 35.7 Å². The number of dihydropyridines is 1. The smallest absolute Gasteiger partial charge is 0.336 e. The van der Waals surface area contributed by atoms with Crippen molar-refractivity contribution in [2.75, 3.05) is 13.7 Å². The van der Waals surface area contributed by atoms with Crippen molar-refractivity contribution in [1.82, 2.24) is 5.32 Å². The lowest BCUT2D eigenvalue weighted by atomic mass is 9.75. The number of benzene rings is 2. The Bertz CT molecular complexity index is 1160. The Kier molecular flexibility index (Phi) is 7.06. The van der Waals surface area contributed by atoms with E-state index in [1.165, 1.54) is 5.56 Å². The fraction of sp³-hybridized carbons (Fsp3) is 0.357. The quantitative estimate of drug-likeness (QED) is 0.578. The standard InChI is InChI=1S/C28H31NO5/c1-5-33-28(31)25-18(3)29-21-7-6-8-22(30)27(21)26(25)20-13-14-23(24(15-20)32-4)34-16-19-11-9-17(2)10-12-19/h9-15,26,29H,5-8,16H2,1-4H3/t26-/m1/s1. The van der Waals surface area contributed by atoms with E-state index in [1.54, 1.807) is 14.0 Å². The number of carbonyl (C=O) groups excluding carboxylic acids is 2. The van der Waals surface area contributed by atoms with Crippen molar-refractivity contribution < 1.29 is 23.8 Å². The molecule has 4 rings (SSSR count). The number of esters is 1. The first kappa shape index (κ1) is 23.6. The molecule has 0 bridgehead atoms. The number of methoxy groups -OCH3 is 1. The van der Waals surface area contributed by atoms with E-state index >= 15 is 0 Å². The number of hydrogen-bond acceptors (Lipinski definition) is 6. The molecule has 0 spiro atoms. The van der Waals surface area contributed by atoms with Crippen LogP contribution < -0.4 is 14.8 Å². The van der Waals surface area contributed by atoms with Crippen LogP contribution in [0, 0.1) is 6.92 Å². The zero-order chi connectivity index (χ0) is 24.2. The molecule has 1 aliphatic heterocycles. The molecule has 0 saturated heterocycles. The van der Waals surface area contributed by atoms with E-state index in [4.69, 9.17) is 14.2 Å². The van der Waals surface area contributed by atoms with Gasteiger partial charge in [0.25, 0.3) is 0 Å². The molecule has 0 fully saturated rings. The highest BCUT2D eigenvalue weighted by Gasteiger charge is 2.39. The van der Waals surface area contributed by atoms with Crippen LogP contribution in [0.4, 0.5) is 0 Å². The maximum Gasteiger partial charge on any atom is 0.336 e. The van der Waals surface area contributed by atoms with Crippen molar-refractivity contribution >= 4 is 11.8 Å². The Hall–Kier alpha value is -3.54. The average Bonchev–Trinajstić information content (AvgIpc) is 2.83. The molecule has 6 heteroatoms. The van der Waals surface area contributed by atoms with Crippen LogP contribution in [-0.4, -0.2) is 25.5 Å². The topological polar surface area (TPSA) is 73.9 Å². The predicted molar refractivity (Wildman–Crippen MR) is 130 cm³/mol. The molecule has 0 saturated carbocycles. The summed E-state index contributed by atoms with van der Waals surface area (Å²) in [6.45, 7) is 6.35. The first-order valence-corrected chi connectivity index (χ1v) is 11.7. The molecule has 1 aliphatic carbocycles. The molecule has 178 valence electrons. The van der Waals surface area contributed by atoms with Gasteiger partial charge in [-0.2, -0.15) is 0 Å². The van der Waals surface area contributed by atoms with Crippen molar-refractivity contribution in [3.63, 3.8) is 0 Å². The Balaban J connectivity index is 1.71. The van der Waals surface area contributed by atoms with Gasteiger partial charge < -0.3 is 19.5 Å². The average molecular weight is 462 g/mol. The van der Waals surface area contributed by atoms with Gasteiger partial charge in [-0.1, -0.05) is 35.9 Å². The lowest BCUT2D eigenvalue weighted by Gasteiger charge is -2.34. The summed E-state index contributed by atoms with van der Waals surface area (Å²) in [4.78, 5) is 26.0. The zero-order valence-corrected chi connectivity index (χ0v) is 20.2. The summed E-state index contributed by atoms with van der Waals surface area (Å²) in [7, 11) is 1.59. The van der Waals surface area contributed by atoms with E-state index < -0.39 is 11.9 Å². The molecular weight excluding hydrogens is 430 g/mol. The number of allylic oxidation sites excluding steroid dienone is 3. The number of rotatable bonds is 7. The first-order chi connectivity index (χ1) is 16.4. The molecule has 0 aromatic heterocycles. The maximum atomic E-state index is 13.0. The van der Waals surface area contributed by atoms with Gasteiger partial charge in [-0.15, -0.1) is 0 Å². The van der Waals surface area contributed by atoms with E-state index in [1.807, 2.05) is 56.3 Å². The second-order valence-corrected chi connectivity index (χ2v) is 8.67. The highest BCUT2D eigenvalue weighted by molar-refractivity contribution is 6.03. The first-order valence-electron chi connectivity index (χ1n) is 11.7. The summed E-state index contributed by atoms with van der Waals surface area (Å²) in [6, 6.07) is 13.8. The van der Waals surface area contributed by atoms with Crippen molar-refractivity contribution in [3.05, 3.63) is 81.7 Å². The Morgan fingerprint density at radius 1 is 1.06 bits per heavy atom. The molecule has 0 unspecified atom stereocenters. The number of aryl methyl sites for hydroxylation is 1. The molecule has 34 heavy (non-hydrogen) atoms. The van der Waals surface area contributed by atoms with Gasteiger partial charge in [0.15, 0.2) is 17.3 Å². The van der Waals surface area contributed by atoms with Crippen molar-refractivity contribution in [3.8, 4) is 11.5 Å². The number of ether oxygens (including phenoxy) is 3. The Labute approximate surface area is 200 Å². The fourth-order valence-electron chi connectivity index (χ4n) is 4.62. The van der Waals surface area contributed by atoms with Gasteiger partial charge in [0.05, 0.1) is 19.3 Å². The van der Waals surface area contributed by atoms with Crippen molar-refractivity contribution in [2.45, 2.75) is 52.6 Å². The summed E-state index contributed by atoms with van der Waals surface area (Å²) >= 11 is 0. The molecule has 0 amide bonds. The Morgan fingerprint density at radius 2 is 1.82 bits per heavy atom. The monoisotopic (exact) mass is 461 g/mol. The molecule has 1 heterocycles. The van der Waals surface area contributed by atoms with Gasteiger partial charge in [0.2, 0.25) is 0 Å². The summed E-state index contributed by atoms with van der Waals surface area (Å²) in [6.07, 6.45) is 2.05. The number of hydrogen-bond donors (Lipinski definition) is 1. The normalized spacial score (nSPS) is 17.8. The minimum Gasteiger partial charge on any atom is -0.493 e. The highest BCUT2D eigenvalue weighted by atomic mass is 16.5. The second kappa shape index (κ2) is 10.2. The molecule has 2 aromatic carbocycles. The number of carbonyl (C=O) groups is 2. The highest BCUT2D eigenvalue weighted by Crippen LogP contribution is 2.44. The molecule has 6 nitrogen and oxygen atoms in total. The van der Waals surface area contributed by atoms with Gasteiger partial charge in [-0.25, -0.2) is 4.79 Å². The maximum absolute atomic E-state index is 13.0. The largest absolute Gasteiger partial charge is 0.493 e. The predicted octanol–water partition coefficient (Wildman–Crippen LogP) is 5.11.